The van der Waals surface area contributed by atoms with E-state index in [2.05, 4.69) is 11.4 Å². The van der Waals surface area contributed by atoms with Crippen LogP contribution in [0.2, 0.25) is 0 Å². The molecule has 0 radical (unpaired) electrons. The second-order valence-corrected chi connectivity index (χ2v) is 6.95. The van der Waals surface area contributed by atoms with Crippen molar-refractivity contribution in [3.05, 3.63) is 69.6 Å². The molecule has 0 spiro atoms. The van der Waals surface area contributed by atoms with Gasteiger partial charge in [-0.1, -0.05) is 24.3 Å². The summed E-state index contributed by atoms with van der Waals surface area (Å²) >= 11 is 0. The van der Waals surface area contributed by atoms with Gasteiger partial charge in [0.1, 0.15) is 11.3 Å². The Hall–Kier alpha value is -3.28. The fourth-order valence-corrected chi connectivity index (χ4v) is 3.51. The van der Waals surface area contributed by atoms with Crippen molar-refractivity contribution in [1.82, 2.24) is 5.32 Å². The lowest BCUT2D eigenvalue weighted by Crippen LogP contribution is -2.36. The number of fused-ring (bicyclic) bond motifs is 2. The number of amides is 1. The number of carbonyl (C=O) groups excluding carboxylic acids is 1. The highest BCUT2D eigenvalue weighted by molar-refractivity contribution is 5.97. The molecule has 1 unspecified atom stereocenters. The standard InChI is InChI=1S/C22H21NO5/c1-13(10-14-6-7-18-15(11-14)8-9-27-18)23-21(24)17-12-16-4-3-5-19(26-2)20(16)28-22(17)25/h3-7,11-13H,8-10H2,1-2H3,(H,23,24). The van der Waals surface area contributed by atoms with Crippen molar-refractivity contribution in [2.24, 2.45) is 0 Å². The van der Waals surface area contributed by atoms with Crippen LogP contribution in [0.5, 0.6) is 11.5 Å². The minimum atomic E-state index is -0.684. The van der Waals surface area contributed by atoms with Gasteiger partial charge in [-0.25, -0.2) is 4.79 Å². The molecule has 3 aromatic rings. The van der Waals surface area contributed by atoms with Crippen molar-refractivity contribution >= 4 is 16.9 Å². The molecule has 1 aromatic heterocycles. The zero-order valence-electron chi connectivity index (χ0n) is 15.8. The summed E-state index contributed by atoms with van der Waals surface area (Å²) in [6.45, 7) is 2.63. The van der Waals surface area contributed by atoms with Crippen LogP contribution >= 0.6 is 0 Å². The predicted molar refractivity (Wildman–Crippen MR) is 105 cm³/mol. The van der Waals surface area contributed by atoms with Crippen molar-refractivity contribution in [2.45, 2.75) is 25.8 Å². The zero-order chi connectivity index (χ0) is 19.7. The number of para-hydroxylation sites is 1. The summed E-state index contributed by atoms with van der Waals surface area (Å²) in [6.07, 6.45) is 1.57. The van der Waals surface area contributed by atoms with Gasteiger partial charge >= 0.3 is 5.63 Å². The van der Waals surface area contributed by atoms with E-state index in [1.54, 1.807) is 24.3 Å². The zero-order valence-corrected chi connectivity index (χ0v) is 15.8. The average molecular weight is 379 g/mol. The van der Waals surface area contributed by atoms with Crippen molar-refractivity contribution < 1.29 is 18.7 Å². The van der Waals surface area contributed by atoms with Gasteiger partial charge in [0.25, 0.3) is 5.91 Å². The van der Waals surface area contributed by atoms with Crippen LogP contribution in [0.4, 0.5) is 0 Å². The van der Waals surface area contributed by atoms with E-state index in [1.807, 2.05) is 19.1 Å². The van der Waals surface area contributed by atoms with Crippen LogP contribution in [-0.4, -0.2) is 25.7 Å². The molecule has 0 bridgehead atoms. The van der Waals surface area contributed by atoms with E-state index in [0.717, 1.165) is 17.7 Å². The second-order valence-electron chi connectivity index (χ2n) is 6.95. The summed E-state index contributed by atoms with van der Waals surface area (Å²) in [6, 6.07) is 12.7. The molecular formula is C22H21NO5. The predicted octanol–water partition coefficient (Wildman–Crippen LogP) is 3.10. The SMILES string of the molecule is COc1cccc2cc(C(=O)NC(C)Cc3ccc4c(c3)CCO4)c(=O)oc12. The number of carbonyl (C=O) groups is 1. The molecule has 28 heavy (non-hydrogen) atoms. The maximum atomic E-state index is 12.6. The first kappa shape index (κ1) is 18.1. The smallest absolute Gasteiger partial charge is 0.349 e. The van der Waals surface area contributed by atoms with Crippen molar-refractivity contribution in [3.63, 3.8) is 0 Å². The Kier molecular flexibility index (Phi) is 4.77. The largest absolute Gasteiger partial charge is 0.493 e. The molecule has 4 rings (SSSR count). The number of hydrogen-bond acceptors (Lipinski definition) is 5. The molecule has 2 aromatic carbocycles. The average Bonchev–Trinajstić information content (AvgIpc) is 3.14. The Morgan fingerprint density at radius 2 is 2.11 bits per heavy atom. The number of methoxy groups -OCH3 is 1. The Labute approximate surface area is 162 Å². The highest BCUT2D eigenvalue weighted by Gasteiger charge is 2.18. The van der Waals surface area contributed by atoms with Crippen molar-refractivity contribution in [2.75, 3.05) is 13.7 Å². The molecule has 1 aliphatic heterocycles. The Balaban J connectivity index is 1.51. The van der Waals surface area contributed by atoms with Gasteiger partial charge in [-0.15, -0.1) is 0 Å². The van der Waals surface area contributed by atoms with Crippen LogP contribution in [0.3, 0.4) is 0 Å². The summed E-state index contributed by atoms with van der Waals surface area (Å²) < 4.78 is 16.1. The Morgan fingerprint density at radius 3 is 2.93 bits per heavy atom. The first-order valence-corrected chi connectivity index (χ1v) is 9.21. The molecule has 6 heteroatoms. The molecule has 0 saturated carbocycles. The molecule has 1 aliphatic rings. The molecule has 0 aliphatic carbocycles. The Morgan fingerprint density at radius 1 is 1.25 bits per heavy atom. The summed E-state index contributed by atoms with van der Waals surface area (Å²) in [5.74, 6) is 0.940. The van der Waals surface area contributed by atoms with Gasteiger partial charge in [0.2, 0.25) is 0 Å². The van der Waals surface area contributed by atoms with Gasteiger partial charge < -0.3 is 19.2 Å². The number of rotatable bonds is 5. The molecule has 2 heterocycles. The summed E-state index contributed by atoms with van der Waals surface area (Å²) in [5.41, 5.74) is 1.94. The Bertz CT molecular complexity index is 1100. The van der Waals surface area contributed by atoms with Gasteiger partial charge in [0, 0.05) is 17.8 Å². The van der Waals surface area contributed by atoms with E-state index in [4.69, 9.17) is 13.9 Å². The molecule has 1 atom stereocenters. The molecule has 6 nitrogen and oxygen atoms in total. The van der Waals surface area contributed by atoms with Gasteiger partial charge in [-0.05, 0) is 42.7 Å². The lowest BCUT2D eigenvalue weighted by atomic mass is 10.0. The van der Waals surface area contributed by atoms with Crippen LogP contribution in [-0.2, 0) is 12.8 Å². The normalized spacial score (nSPS) is 13.6. The lowest BCUT2D eigenvalue weighted by molar-refractivity contribution is 0.0936. The third-order valence-corrected chi connectivity index (χ3v) is 4.86. The second kappa shape index (κ2) is 7.38. The first-order chi connectivity index (χ1) is 13.5. The number of nitrogens with one attached hydrogen (secondary N) is 1. The number of benzene rings is 2. The van der Waals surface area contributed by atoms with Crippen LogP contribution < -0.4 is 20.4 Å². The van der Waals surface area contributed by atoms with Crippen LogP contribution in [0.25, 0.3) is 11.0 Å². The van der Waals surface area contributed by atoms with Crippen LogP contribution in [0.1, 0.15) is 28.4 Å². The molecular weight excluding hydrogens is 358 g/mol. The van der Waals surface area contributed by atoms with E-state index in [0.29, 0.717) is 29.7 Å². The van der Waals surface area contributed by atoms with E-state index in [1.165, 1.54) is 12.7 Å². The van der Waals surface area contributed by atoms with Gasteiger partial charge in [-0.3, -0.25) is 4.79 Å². The summed E-state index contributed by atoms with van der Waals surface area (Å²) in [5, 5.41) is 3.52. The highest BCUT2D eigenvalue weighted by atomic mass is 16.5. The summed E-state index contributed by atoms with van der Waals surface area (Å²) in [7, 11) is 1.50. The van der Waals surface area contributed by atoms with Gasteiger partial charge in [-0.2, -0.15) is 0 Å². The van der Waals surface area contributed by atoms with Gasteiger partial charge in [0.15, 0.2) is 11.3 Å². The van der Waals surface area contributed by atoms with E-state index < -0.39 is 11.5 Å². The monoisotopic (exact) mass is 379 g/mol. The van der Waals surface area contributed by atoms with Crippen LogP contribution in [0.15, 0.2) is 51.7 Å². The van der Waals surface area contributed by atoms with Gasteiger partial charge in [0.05, 0.1) is 13.7 Å². The fourth-order valence-electron chi connectivity index (χ4n) is 3.51. The minimum Gasteiger partial charge on any atom is -0.493 e. The maximum absolute atomic E-state index is 12.6. The molecule has 1 N–H and O–H groups in total. The molecule has 0 saturated heterocycles. The topological polar surface area (TPSA) is 77.8 Å². The summed E-state index contributed by atoms with van der Waals surface area (Å²) in [4.78, 5) is 24.9. The minimum absolute atomic E-state index is 0.0186. The first-order valence-electron chi connectivity index (χ1n) is 9.21. The van der Waals surface area contributed by atoms with E-state index in [-0.39, 0.29) is 11.6 Å². The molecule has 144 valence electrons. The fraction of sp³-hybridized carbons (Fsp3) is 0.273. The van der Waals surface area contributed by atoms with Crippen molar-refractivity contribution in [1.29, 1.82) is 0 Å². The third-order valence-electron chi connectivity index (χ3n) is 4.86. The lowest BCUT2D eigenvalue weighted by Gasteiger charge is -2.14. The highest BCUT2D eigenvalue weighted by Crippen LogP contribution is 2.26. The number of hydrogen-bond donors (Lipinski definition) is 1. The van der Waals surface area contributed by atoms with E-state index >= 15 is 0 Å². The third kappa shape index (κ3) is 3.45. The number of ether oxygens (including phenoxy) is 2. The quantitative estimate of drug-likeness (QED) is 0.690. The van der Waals surface area contributed by atoms with Crippen LogP contribution in [0, 0.1) is 0 Å². The molecule has 1 amide bonds. The molecule has 0 fully saturated rings. The van der Waals surface area contributed by atoms with Crippen molar-refractivity contribution in [3.8, 4) is 11.5 Å². The van der Waals surface area contributed by atoms with E-state index in [9.17, 15) is 9.59 Å². The maximum Gasteiger partial charge on any atom is 0.349 e.